The molecule has 6 nitrogen and oxygen atoms in total. The second-order valence-corrected chi connectivity index (χ2v) is 5.76. The molecule has 0 aromatic heterocycles. The number of nitrogens with two attached hydrogens (primary N) is 3. The summed E-state index contributed by atoms with van der Waals surface area (Å²) in [4.78, 5) is 11.8. The first-order chi connectivity index (χ1) is 8.84. The predicted octanol–water partition coefficient (Wildman–Crippen LogP) is 0.542. The summed E-state index contributed by atoms with van der Waals surface area (Å²) < 4.78 is 5.27. The quantitative estimate of drug-likeness (QED) is 0.515. The SMILES string of the molecule is CC(C)(C)OC(=O)NC(CCCN)C(CN)CCN. The summed E-state index contributed by atoms with van der Waals surface area (Å²) in [6.07, 6.45) is 1.99. The number of hydrogen-bond donors (Lipinski definition) is 4. The lowest BCUT2D eigenvalue weighted by molar-refractivity contribution is 0.0481. The van der Waals surface area contributed by atoms with Gasteiger partial charge >= 0.3 is 6.09 Å². The minimum absolute atomic E-state index is 0.0352. The standard InChI is InChI=1S/C13H30N4O2/c1-13(2,3)19-12(18)17-11(5-4-7-14)10(9-16)6-8-15/h10-11H,4-9,14-16H2,1-3H3,(H,17,18). The van der Waals surface area contributed by atoms with Crippen molar-refractivity contribution in [3.05, 3.63) is 0 Å². The molecular formula is C13H30N4O2. The van der Waals surface area contributed by atoms with E-state index in [4.69, 9.17) is 21.9 Å². The van der Waals surface area contributed by atoms with Crippen molar-refractivity contribution in [2.75, 3.05) is 19.6 Å². The van der Waals surface area contributed by atoms with Crippen LogP contribution in [0.5, 0.6) is 0 Å². The molecule has 2 atom stereocenters. The molecule has 114 valence electrons. The maximum Gasteiger partial charge on any atom is 0.407 e. The fourth-order valence-electron chi connectivity index (χ4n) is 1.92. The molecule has 0 aliphatic heterocycles. The highest BCUT2D eigenvalue weighted by molar-refractivity contribution is 5.68. The van der Waals surface area contributed by atoms with Crippen molar-refractivity contribution in [3.8, 4) is 0 Å². The van der Waals surface area contributed by atoms with Crippen molar-refractivity contribution >= 4 is 6.09 Å². The maximum atomic E-state index is 11.8. The van der Waals surface area contributed by atoms with Crippen LogP contribution < -0.4 is 22.5 Å². The highest BCUT2D eigenvalue weighted by atomic mass is 16.6. The average molecular weight is 274 g/mol. The van der Waals surface area contributed by atoms with Gasteiger partial charge in [0.15, 0.2) is 0 Å². The molecule has 0 aromatic carbocycles. The molecule has 0 aliphatic rings. The van der Waals surface area contributed by atoms with Gasteiger partial charge in [0.25, 0.3) is 0 Å². The number of hydrogen-bond acceptors (Lipinski definition) is 5. The van der Waals surface area contributed by atoms with Crippen LogP contribution in [0.25, 0.3) is 0 Å². The largest absolute Gasteiger partial charge is 0.444 e. The smallest absolute Gasteiger partial charge is 0.407 e. The van der Waals surface area contributed by atoms with Gasteiger partial charge in [0.2, 0.25) is 0 Å². The molecule has 0 aliphatic carbocycles. The maximum absolute atomic E-state index is 11.8. The zero-order valence-electron chi connectivity index (χ0n) is 12.4. The number of carbonyl (C=O) groups excluding carboxylic acids is 1. The van der Waals surface area contributed by atoms with Gasteiger partial charge in [-0.25, -0.2) is 4.79 Å². The van der Waals surface area contributed by atoms with Crippen molar-refractivity contribution in [2.24, 2.45) is 23.1 Å². The molecule has 1 amide bonds. The number of amides is 1. The van der Waals surface area contributed by atoms with E-state index in [2.05, 4.69) is 5.32 Å². The summed E-state index contributed by atoms with van der Waals surface area (Å²) >= 11 is 0. The van der Waals surface area contributed by atoms with Crippen molar-refractivity contribution < 1.29 is 9.53 Å². The Balaban J connectivity index is 4.51. The zero-order chi connectivity index (χ0) is 14.9. The molecule has 7 N–H and O–H groups in total. The van der Waals surface area contributed by atoms with Crippen molar-refractivity contribution in [2.45, 2.75) is 51.7 Å². The van der Waals surface area contributed by atoms with Gasteiger partial charge in [0, 0.05) is 6.04 Å². The molecule has 2 unspecified atom stereocenters. The molecule has 0 saturated carbocycles. The molecule has 0 heterocycles. The summed E-state index contributed by atoms with van der Waals surface area (Å²) in [5, 5.41) is 2.89. The van der Waals surface area contributed by atoms with E-state index >= 15 is 0 Å². The second kappa shape index (κ2) is 9.12. The van der Waals surface area contributed by atoms with E-state index in [-0.39, 0.29) is 12.0 Å². The lowest BCUT2D eigenvalue weighted by Gasteiger charge is -2.28. The summed E-state index contributed by atoms with van der Waals surface area (Å²) in [5.74, 6) is 0.157. The number of carbonyl (C=O) groups is 1. The molecular weight excluding hydrogens is 244 g/mol. The van der Waals surface area contributed by atoms with Crippen molar-refractivity contribution in [1.82, 2.24) is 5.32 Å². The van der Waals surface area contributed by atoms with Gasteiger partial charge in [-0.15, -0.1) is 0 Å². The van der Waals surface area contributed by atoms with Crippen LogP contribution in [0.4, 0.5) is 4.79 Å². The average Bonchev–Trinajstić information content (AvgIpc) is 2.29. The monoisotopic (exact) mass is 274 g/mol. The Labute approximate surface area is 116 Å². The molecule has 0 rings (SSSR count). The van der Waals surface area contributed by atoms with Crippen LogP contribution in [-0.4, -0.2) is 37.4 Å². The number of alkyl carbamates (subject to hydrolysis) is 1. The zero-order valence-corrected chi connectivity index (χ0v) is 12.4. The molecule has 0 bridgehead atoms. The number of ether oxygens (including phenoxy) is 1. The van der Waals surface area contributed by atoms with Crippen LogP contribution in [0.2, 0.25) is 0 Å². The van der Waals surface area contributed by atoms with Gasteiger partial charge in [-0.1, -0.05) is 0 Å². The summed E-state index contributed by atoms with van der Waals surface area (Å²) in [7, 11) is 0. The lowest BCUT2D eigenvalue weighted by Crippen LogP contribution is -2.45. The van der Waals surface area contributed by atoms with Crippen LogP contribution in [0.3, 0.4) is 0 Å². The number of nitrogens with one attached hydrogen (secondary N) is 1. The Bertz CT molecular complexity index is 254. The van der Waals surface area contributed by atoms with Crippen LogP contribution in [0, 0.1) is 5.92 Å². The molecule has 19 heavy (non-hydrogen) atoms. The molecule has 0 radical (unpaired) electrons. The van der Waals surface area contributed by atoms with E-state index in [0.717, 1.165) is 19.3 Å². The Morgan fingerprint density at radius 3 is 2.21 bits per heavy atom. The van der Waals surface area contributed by atoms with Gasteiger partial charge in [-0.2, -0.15) is 0 Å². The first-order valence-corrected chi connectivity index (χ1v) is 6.93. The molecule has 0 aromatic rings. The van der Waals surface area contributed by atoms with E-state index in [1.165, 1.54) is 0 Å². The molecule has 0 spiro atoms. The third-order valence-electron chi connectivity index (χ3n) is 2.83. The van der Waals surface area contributed by atoms with Gasteiger partial charge in [-0.05, 0) is 65.6 Å². The Morgan fingerprint density at radius 1 is 1.16 bits per heavy atom. The summed E-state index contributed by atoms with van der Waals surface area (Å²) in [6, 6.07) is -0.0352. The van der Waals surface area contributed by atoms with Crippen LogP contribution in [0.1, 0.15) is 40.0 Å². The fraction of sp³-hybridized carbons (Fsp3) is 0.923. The van der Waals surface area contributed by atoms with E-state index in [0.29, 0.717) is 19.6 Å². The van der Waals surface area contributed by atoms with E-state index in [1.807, 2.05) is 20.8 Å². The van der Waals surface area contributed by atoms with Crippen LogP contribution in [-0.2, 0) is 4.74 Å². The minimum Gasteiger partial charge on any atom is -0.444 e. The van der Waals surface area contributed by atoms with E-state index < -0.39 is 11.7 Å². The second-order valence-electron chi connectivity index (χ2n) is 5.76. The van der Waals surface area contributed by atoms with Gasteiger partial charge in [0.05, 0.1) is 0 Å². The lowest BCUT2D eigenvalue weighted by atomic mass is 9.92. The molecule has 0 fully saturated rings. The van der Waals surface area contributed by atoms with Crippen LogP contribution >= 0.6 is 0 Å². The molecule has 0 saturated heterocycles. The van der Waals surface area contributed by atoms with Crippen molar-refractivity contribution in [3.63, 3.8) is 0 Å². The first-order valence-electron chi connectivity index (χ1n) is 6.93. The summed E-state index contributed by atoms with van der Waals surface area (Å²) in [5.41, 5.74) is 16.4. The Hall–Kier alpha value is -0.850. The van der Waals surface area contributed by atoms with Gasteiger partial charge in [-0.3, -0.25) is 0 Å². The summed E-state index contributed by atoms with van der Waals surface area (Å²) in [6.45, 7) is 7.14. The first kappa shape index (κ1) is 18.1. The Kier molecular flexibility index (Phi) is 8.71. The minimum atomic E-state index is -0.505. The highest BCUT2D eigenvalue weighted by Gasteiger charge is 2.24. The van der Waals surface area contributed by atoms with E-state index in [1.54, 1.807) is 0 Å². The van der Waals surface area contributed by atoms with Crippen LogP contribution in [0.15, 0.2) is 0 Å². The van der Waals surface area contributed by atoms with Gasteiger partial charge < -0.3 is 27.3 Å². The third-order valence-corrected chi connectivity index (χ3v) is 2.83. The highest BCUT2D eigenvalue weighted by Crippen LogP contribution is 2.14. The number of rotatable bonds is 8. The van der Waals surface area contributed by atoms with E-state index in [9.17, 15) is 4.79 Å². The fourth-order valence-corrected chi connectivity index (χ4v) is 1.92. The Morgan fingerprint density at radius 2 is 1.79 bits per heavy atom. The topological polar surface area (TPSA) is 116 Å². The normalized spacial score (nSPS) is 14.8. The van der Waals surface area contributed by atoms with Crippen molar-refractivity contribution in [1.29, 1.82) is 0 Å². The van der Waals surface area contributed by atoms with Gasteiger partial charge in [0.1, 0.15) is 5.60 Å². The third kappa shape index (κ3) is 8.80. The predicted molar refractivity (Wildman–Crippen MR) is 77.7 cm³/mol. The molecule has 6 heteroatoms.